The Kier molecular flexibility index (Phi) is 10.1. The largest absolute Gasteiger partial charge is 0.396 e. The number of nitrogens with zero attached hydrogens (tertiary/aromatic N) is 2. The highest BCUT2D eigenvalue weighted by Gasteiger charge is 2.01. The molecule has 4 heteroatoms. The molecular formula is C11H22N2OS. The van der Waals surface area contributed by atoms with Gasteiger partial charge in [-0.05, 0) is 44.6 Å². The van der Waals surface area contributed by atoms with E-state index < -0.39 is 0 Å². The lowest BCUT2D eigenvalue weighted by Gasteiger charge is -2.15. The second-order valence-electron chi connectivity index (χ2n) is 4.06. The standard InChI is InChI=1S/C11H22N2OS/c1-11(9-14)5-3-4-7-13(2)8-6-12-10-15/h11,14H,3-9H2,1-2H3. The fraction of sp³-hybridized carbons (Fsp3) is 0.909. The van der Waals surface area contributed by atoms with E-state index in [1.54, 1.807) is 0 Å². The highest BCUT2D eigenvalue weighted by atomic mass is 32.1. The summed E-state index contributed by atoms with van der Waals surface area (Å²) in [6, 6.07) is 0. The summed E-state index contributed by atoms with van der Waals surface area (Å²) in [5.74, 6) is 0.440. The molecule has 0 rings (SSSR count). The number of isothiocyanates is 1. The van der Waals surface area contributed by atoms with Crippen LogP contribution in [-0.2, 0) is 0 Å². The first-order valence-electron chi connectivity index (χ1n) is 5.53. The Hall–Kier alpha value is -0.280. The molecule has 1 unspecified atom stereocenters. The third kappa shape index (κ3) is 10.0. The van der Waals surface area contributed by atoms with E-state index >= 15 is 0 Å². The molecule has 0 aromatic carbocycles. The van der Waals surface area contributed by atoms with Gasteiger partial charge in [-0.15, -0.1) is 0 Å². The zero-order valence-corrected chi connectivity index (χ0v) is 10.6. The first-order valence-corrected chi connectivity index (χ1v) is 5.94. The molecular weight excluding hydrogens is 208 g/mol. The van der Waals surface area contributed by atoms with Crippen LogP contribution in [-0.4, -0.2) is 48.5 Å². The van der Waals surface area contributed by atoms with Crippen LogP contribution in [0.15, 0.2) is 4.99 Å². The van der Waals surface area contributed by atoms with Gasteiger partial charge in [-0.3, -0.25) is 0 Å². The van der Waals surface area contributed by atoms with Crippen molar-refractivity contribution in [2.45, 2.75) is 26.2 Å². The predicted octanol–water partition coefficient (Wildman–Crippen LogP) is 1.82. The molecule has 0 saturated heterocycles. The summed E-state index contributed by atoms with van der Waals surface area (Å²) in [7, 11) is 2.09. The maximum Gasteiger partial charge on any atom is 0.0620 e. The number of hydrogen-bond donors (Lipinski definition) is 1. The number of thiocarbonyl (C=S) groups is 1. The lowest BCUT2D eigenvalue weighted by molar-refractivity contribution is 0.225. The summed E-state index contributed by atoms with van der Waals surface area (Å²) in [6.07, 6.45) is 3.48. The van der Waals surface area contributed by atoms with Gasteiger partial charge in [0.05, 0.1) is 11.7 Å². The zero-order chi connectivity index (χ0) is 11.5. The quantitative estimate of drug-likeness (QED) is 0.373. The Bertz CT molecular complexity index is 193. The summed E-state index contributed by atoms with van der Waals surface area (Å²) < 4.78 is 0. The van der Waals surface area contributed by atoms with Crippen molar-refractivity contribution in [3.8, 4) is 0 Å². The van der Waals surface area contributed by atoms with Crippen molar-refractivity contribution in [3.05, 3.63) is 0 Å². The summed E-state index contributed by atoms with van der Waals surface area (Å²) >= 11 is 4.49. The molecule has 15 heavy (non-hydrogen) atoms. The summed E-state index contributed by atoms with van der Waals surface area (Å²) in [4.78, 5) is 6.12. The van der Waals surface area contributed by atoms with Gasteiger partial charge in [0.25, 0.3) is 0 Å². The van der Waals surface area contributed by atoms with Gasteiger partial charge in [0.15, 0.2) is 0 Å². The molecule has 0 aliphatic carbocycles. The van der Waals surface area contributed by atoms with Gasteiger partial charge in [-0.1, -0.05) is 13.3 Å². The topological polar surface area (TPSA) is 35.8 Å². The van der Waals surface area contributed by atoms with Crippen LogP contribution in [0.5, 0.6) is 0 Å². The Balaban J connectivity index is 3.30. The van der Waals surface area contributed by atoms with Crippen LogP contribution < -0.4 is 0 Å². The normalized spacial score (nSPS) is 12.5. The molecule has 3 nitrogen and oxygen atoms in total. The smallest absolute Gasteiger partial charge is 0.0620 e. The minimum absolute atomic E-state index is 0.305. The molecule has 0 aromatic heterocycles. The molecule has 0 aliphatic rings. The molecule has 0 saturated carbocycles. The number of aliphatic hydroxyl groups excluding tert-OH is 1. The molecule has 0 fully saturated rings. The van der Waals surface area contributed by atoms with Crippen molar-refractivity contribution < 1.29 is 5.11 Å². The number of likely N-dealkylation sites (N-methyl/N-ethyl adjacent to an activating group) is 1. The monoisotopic (exact) mass is 230 g/mol. The first kappa shape index (κ1) is 14.7. The van der Waals surface area contributed by atoms with Crippen LogP contribution in [0.3, 0.4) is 0 Å². The van der Waals surface area contributed by atoms with Crippen molar-refractivity contribution in [2.75, 3.05) is 33.3 Å². The molecule has 0 spiro atoms. The van der Waals surface area contributed by atoms with E-state index in [9.17, 15) is 0 Å². The van der Waals surface area contributed by atoms with Crippen molar-refractivity contribution in [2.24, 2.45) is 10.9 Å². The van der Waals surface area contributed by atoms with Gasteiger partial charge in [-0.25, -0.2) is 4.99 Å². The average Bonchev–Trinajstić information content (AvgIpc) is 2.24. The van der Waals surface area contributed by atoms with Crippen LogP contribution in [0.4, 0.5) is 0 Å². The number of hydrogen-bond acceptors (Lipinski definition) is 4. The fourth-order valence-electron chi connectivity index (χ4n) is 1.34. The van der Waals surface area contributed by atoms with E-state index in [0.717, 1.165) is 26.1 Å². The Labute approximate surface area is 98.2 Å². The van der Waals surface area contributed by atoms with E-state index in [0.29, 0.717) is 12.5 Å². The molecule has 0 radical (unpaired) electrons. The SMILES string of the molecule is CC(CO)CCCCN(C)CCN=C=S. The lowest BCUT2D eigenvalue weighted by atomic mass is 10.1. The third-order valence-electron chi connectivity index (χ3n) is 2.46. The van der Waals surface area contributed by atoms with Crippen molar-refractivity contribution in [3.63, 3.8) is 0 Å². The minimum atomic E-state index is 0.305. The molecule has 1 N–H and O–H groups in total. The number of aliphatic imine (C=N–C) groups is 1. The second kappa shape index (κ2) is 10.2. The van der Waals surface area contributed by atoms with Crippen molar-refractivity contribution in [1.82, 2.24) is 4.90 Å². The van der Waals surface area contributed by atoms with Gasteiger partial charge in [0.1, 0.15) is 0 Å². The highest BCUT2D eigenvalue weighted by Crippen LogP contribution is 2.06. The van der Waals surface area contributed by atoms with Crippen molar-refractivity contribution >= 4 is 17.4 Å². The number of unbranched alkanes of at least 4 members (excludes halogenated alkanes) is 1. The summed E-state index contributed by atoms with van der Waals surface area (Å²) in [5, 5.41) is 11.2. The van der Waals surface area contributed by atoms with Gasteiger partial charge < -0.3 is 10.0 Å². The van der Waals surface area contributed by atoms with E-state index in [-0.39, 0.29) is 0 Å². The van der Waals surface area contributed by atoms with Crippen LogP contribution in [0.25, 0.3) is 0 Å². The molecule has 0 aromatic rings. The number of aliphatic hydroxyl groups is 1. The van der Waals surface area contributed by atoms with Crippen LogP contribution in [0, 0.1) is 5.92 Å². The second-order valence-corrected chi connectivity index (χ2v) is 4.24. The lowest BCUT2D eigenvalue weighted by Crippen LogP contribution is -2.22. The van der Waals surface area contributed by atoms with Gasteiger partial charge >= 0.3 is 0 Å². The molecule has 0 heterocycles. The maximum atomic E-state index is 8.85. The Morgan fingerprint density at radius 1 is 1.40 bits per heavy atom. The van der Waals surface area contributed by atoms with E-state index in [4.69, 9.17) is 5.11 Å². The van der Waals surface area contributed by atoms with Gasteiger partial charge in [-0.2, -0.15) is 0 Å². The third-order valence-corrected chi connectivity index (χ3v) is 2.59. The predicted molar refractivity (Wildman–Crippen MR) is 67.5 cm³/mol. The molecule has 0 amide bonds. The van der Waals surface area contributed by atoms with E-state index in [1.165, 1.54) is 12.8 Å². The van der Waals surface area contributed by atoms with Gasteiger partial charge in [0, 0.05) is 13.2 Å². The summed E-state index contributed by atoms with van der Waals surface area (Å²) in [5.41, 5.74) is 0. The van der Waals surface area contributed by atoms with Crippen LogP contribution >= 0.6 is 12.2 Å². The first-order chi connectivity index (χ1) is 7.20. The number of rotatable bonds is 9. The summed E-state index contributed by atoms with van der Waals surface area (Å²) in [6.45, 7) is 5.16. The van der Waals surface area contributed by atoms with Crippen molar-refractivity contribution in [1.29, 1.82) is 0 Å². The average molecular weight is 230 g/mol. The van der Waals surface area contributed by atoms with E-state index in [1.807, 2.05) is 0 Å². The molecule has 0 bridgehead atoms. The molecule has 1 atom stereocenters. The van der Waals surface area contributed by atoms with Crippen LogP contribution in [0.2, 0.25) is 0 Å². The zero-order valence-electron chi connectivity index (χ0n) is 9.78. The Morgan fingerprint density at radius 3 is 2.73 bits per heavy atom. The Morgan fingerprint density at radius 2 is 2.13 bits per heavy atom. The van der Waals surface area contributed by atoms with Crippen LogP contribution in [0.1, 0.15) is 26.2 Å². The van der Waals surface area contributed by atoms with E-state index in [2.05, 4.69) is 41.2 Å². The highest BCUT2D eigenvalue weighted by molar-refractivity contribution is 7.78. The van der Waals surface area contributed by atoms with Gasteiger partial charge in [0.2, 0.25) is 0 Å². The maximum absolute atomic E-state index is 8.85. The molecule has 0 aliphatic heterocycles. The fourth-order valence-corrected chi connectivity index (χ4v) is 1.44. The molecule has 88 valence electrons. The minimum Gasteiger partial charge on any atom is -0.396 e.